The number of hydrogen-bond acceptors (Lipinski definition) is 3. The van der Waals surface area contributed by atoms with Crippen LogP contribution in [0.25, 0.3) is 0 Å². The van der Waals surface area contributed by atoms with E-state index < -0.39 is 0 Å². The standard InChI is InChI=1S/C13H16N2O2.ClH/c16-10-15-6-4-13(9-17-8-11(13)7-15)12-3-1-2-5-14-12;/h1-3,5,10-11H,4,6-9H2;1H. The first-order valence-electron chi connectivity index (χ1n) is 6.04. The molecule has 2 unspecified atom stereocenters. The Morgan fingerprint density at radius 3 is 3.11 bits per heavy atom. The Morgan fingerprint density at radius 2 is 2.39 bits per heavy atom. The second-order valence-electron chi connectivity index (χ2n) is 4.93. The highest BCUT2D eigenvalue weighted by atomic mass is 35.5. The maximum atomic E-state index is 10.9. The van der Waals surface area contributed by atoms with Crippen LogP contribution in [0.2, 0.25) is 0 Å². The predicted molar refractivity (Wildman–Crippen MR) is 69.7 cm³/mol. The van der Waals surface area contributed by atoms with Crippen molar-refractivity contribution in [1.29, 1.82) is 0 Å². The van der Waals surface area contributed by atoms with Gasteiger partial charge in [-0.05, 0) is 18.6 Å². The molecular formula is C13H17ClN2O2. The Bertz CT molecular complexity index is 415. The normalized spacial score (nSPS) is 30.4. The molecule has 1 amide bonds. The van der Waals surface area contributed by atoms with E-state index >= 15 is 0 Å². The van der Waals surface area contributed by atoms with Crippen LogP contribution in [0.3, 0.4) is 0 Å². The molecule has 3 rings (SSSR count). The lowest BCUT2D eigenvalue weighted by molar-refractivity contribution is -0.120. The number of nitrogens with zero attached hydrogens (tertiary/aromatic N) is 2. The lowest BCUT2D eigenvalue weighted by atomic mass is 9.70. The van der Waals surface area contributed by atoms with Crippen LogP contribution in [-0.4, -0.2) is 42.6 Å². The minimum absolute atomic E-state index is 0. The van der Waals surface area contributed by atoms with Crippen molar-refractivity contribution in [3.05, 3.63) is 30.1 Å². The van der Waals surface area contributed by atoms with Crippen LogP contribution in [0, 0.1) is 5.92 Å². The third-order valence-electron chi connectivity index (χ3n) is 4.08. The average Bonchev–Trinajstić information content (AvgIpc) is 2.83. The van der Waals surface area contributed by atoms with Crippen molar-refractivity contribution in [2.75, 3.05) is 26.3 Å². The molecule has 0 bridgehead atoms. The minimum atomic E-state index is 0. The summed E-state index contributed by atoms with van der Waals surface area (Å²) in [5.74, 6) is 0.386. The molecule has 2 saturated heterocycles. The van der Waals surface area contributed by atoms with Gasteiger partial charge < -0.3 is 9.64 Å². The van der Waals surface area contributed by atoms with Crippen LogP contribution < -0.4 is 0 Å². The number of hydrogen-bond donors (Lipinski definition) is 0. The van der Waals surface area contributed by atoms with E-state index in [-0.39, 0.29) is 17.8 Å². The van der Waals surface area contributed by atoms with E-state index in [1.165, 1.54) is 0 Å². The van der Waals surface area contributed by atoms with E-state index in [1.54, 1.807) is 0 Å². The van der Waals surface area contributed by atoms with Gasteiger partial charge in [-0.25, -0.2) is 0 Å². The van der Waals surface area contributed by atoms with E-state index in [9.17, 15) is 4.79 Å². The molecule has 2 aliphatic rings. The zero-order valence-electron chi connectivity index (χ0n) is 10.1. The molecule has 0 spiro atoms. The zero-order chi connectivity index (χ0) is 11.7. The zero-order valence-corrected chi connectivity index (χ0v) is 10.9. The van der Waals surface area contributed by atoms with Gasteiger partial charge in [0.1, 0.15) is 0 Å². The highest BCUT2D eigenvalue weighted by molar-refractivity contribution is 5.85. The van der Waals surface area contributed by atoms with Gasteiger partial charge in [-0.15, -0.1) is 12.4 Å². The number of likely N-dealkylation sites (tertiary alicyclic amines) is 1. The minimum Gasteiger partial charge on any atom is -0.380 e. The summed E-state index contributed by atoms with van der Waals surface area (Å²) in [6.45, 7) is 3.07. The van der Waals surface area contributed by atoms with E-state index in [2.05, 4.69) is 11.1 Å². The second kappa shape index (κ2) is 5.24. The molecule has 98 valence electrons. The molecule has 18 heavy (non-hydrogen) atoms. The number of rotatable bonds is 2. The Hall–Kier alpha value is -1.13. The van der Waals surface area contributed by atoms with Crippen molar-refractivity contribution >= 4 is 18.8 Å². The molecule has 0 aromatic carbocycles. The van der Waals surface area contributed by atoms with Crippen LogP contribution in [0.5, 0.6) is 0 Å². The molecule has 4 nitrogen and oxygen atoms in total. The second-order valence-corrected chi connectivity index (χ2v) is 4.93. The first kappa shape index (κ1) is 13.3. The fourth-order valence-corrected chi connectivity index (χ4v) is 3.05. The molecular weight excluding hydrogens is 252 g/mol. The number of pyridine rings is 1. The molecule has 2 atom stereocenters. The quantitative estimate of drug-likeness (QED) is 0.758. The first-order valence-corrected chi connectivity index (χ1v) is 6.04. The molecule has 5 heteroatoms. The maximum absolute atomic E-state index is 10.9. The van der Waals surface area contributed by atoms with Crippen molar-refractivity contribution in [3.8, 4) is 0 Å². The summed E-state index contributed by atoms with van der Waals surface area (Å²) in [5.41, 5.74) is 1.15. The summed E-state index contributed by atoms with van der Waals surface area (Å²) in [5, 5.41) is 0. The molecule has 0 aliphatic carbocycles. The van der Waals surface area contributed by atoms with Crippen molar-refractivity contribution < 1.29 is 9.53 Å². The molecule has 2 aliphatic heterocycles. The molecule has 2 fully saturated rings. The largest absolute Gasteiger partial charge is 0.380 e. The van der Waals surface area contributed by atoms with E-state index in [0.717, 1.165) is 44.8 Å². The first-order chi connectivity index (χ1) is 8.35. The third-order valence-corrected chi connectivity index (χ3v) is 4.08. The van der Waals surface area contributed by atoms with Crippen molar-refractivity contribution in [2.45, 2.75) is 11.8 Å². The van der Waals surface area contributed by atoms with Gasteiger partial charge in [0.05, 0.1) is 13.2 Å². The lowest BCUT2D eigenvalue weighted by Crippen LogP contribution is -2.49. The van der Waals surface area contributed by atoms with Crippen molar-refractivity contribution in [1.82, 2.24) is 9.88 Å². The molecule has 1 aromatic rings. The summed E-state index contributed by atoms with van der Waals surface area (Å²) in [6.07, 6.45) is 3.74. The van der Waals surface area contributed by atoms with Gasteiger partial charge in [0.25, 0.3) is 0 Å². The topological polar surface area (TPSA) is 42.4 Å². The molecule has 1 aromatic heterocycles. The van der Waals surface area contributed by atoms with Crippen LogP contribution in [0.1, 0.15) is 12.1 Å². The maximum Gasteiger partial charge on any atom is 0.209 e. The number of halogens is 1. The Morgan fingerprint density at radius 1 is 1.50 bits per heavy atom. The van der Waals surface area contributed by atoms with Gasteiger partial charge in [-0.1, -0.05) is 6.07 Å². The Labute approximate surface area is 113 Å². The van der Waals surface area contributed by atoms with E-state index in [4.69, 9.17) is 4.74 Å². The van der Waals surface area contributed by atoms with Crippen molar-refractivity contribution in [3.63, 3.8) is 0 Å². The van der Waals surface area contributed by atoms with Crippen molar-refractivity contribution in [2.24, 2.45) is 5.92 Å². The number of carbonyl (C=O) groups excluding carboxylic acids is 1. The van der Waals surface area contributed by atoms with E-state index in [0.29, 0.717) is 5.92 Å². The fourth-order valence-electron chi connectivity index (χ4n) is 3.05. The SMILES string of the molecule is Cl.O=CN1CCC2(c3ccccn3)COCC2C1. The van der Waals surface area contributed by atoms with Gasteiger partial charge in [0.15, 0.2) is 0 Å². The third kappa shape index (κ3) is 1.99. The highest BCUT2D eigenvalue weighted by Gasteiger charge is 2.49. The Kier molecular flexibility index (Phi) is 3.88. The van der Waals surface area contributed by atoms with Crippen LogP contribution in [-0.2, 0) is 14.9 Å². The molecule has 3 heterocycles. The molecule has 0 N–H and O–H groups in total. The van der Waals surface area contributed by atoms with Crippen LogP contribution in [0.4, 0.5) is 0 Å². The number of piperidine rings is 1. The summed E-state index contributed by atoms with van der Waals surface area (Å²) in [4.78, 5) is 17.2. The highest BCUT2D eigenvalue weighted by Crippen LogP contribution is 2.42. The van der Waals surface area contributed by atoms with E-state index in [1.807, 2.05) is 23.2 Å². The summed E-state index contributed by atoms with van der Waals surface area (Å²) >= 11 is 0. The van der Waals surface area contributed by atoms with Crippen LogP contribution >= 0.6 is 12.4 Å². The van der Waals surface area contributed by atoms with Gasteiger partial charge in [0, 0.05) is 36.3 Å². The number of ether oxygens (including phenoxy) is 1. The van der Waals surface area contributed by atoms with Gasteiger partial charge in [0.2, 0.25) is 6.41 Å². The van der Waals surface area contributed by atoms with Gasteiger partial charge in [-0.2, -0.15) is 0 Å². The Balaban J connectivity index is 0.00000120. The smallest absolute Gasteiger partial charge is 0.209 e. The number of carbonyl (C=O) groups is 1. The monoisotopic (exact) mass is 268 g/mol. The number of fused-ring (bicyclic) bond motifs is 1. The van der Waals surface area contributed by atoms with Crippen LogP contribution in [0.15, 0.2) is 24.4 Å². The number of amides is 1. The average molecular weight is 269 g/mol. The predicted octanol–water partition coefficient (Wildman–Crippen LogP) is 1.25. The fraction of sp³-hybridized carbons (Fsp3) is 0.538. The van der Waals surface area contributed by atoms with Gasteiger partial charge >= 0.3 is 0 Å². The summed E-state index contributed by atoms with van der Waals surface area (Å²) in [6, 6.07) is 6.04. The molecule has 0 saturated carbocycles. The summed E-state index contributed by atoms with van der Waals surface area (Å²) in [7, 11) is 0. The lowest BCUT2D eigenvalue weighted by Gasteiger charge is -2.41. The molecule has 0 radical (unpaired) electrons. The van der Waals surface area contributed by atoms with Gasteiger partial charge in [-0.3, -0.25) is 9.78 Å². The number of aromatic nitrogens is 1. The summed E-state index contributed by atoms with van der Waals surface area (Å²) < 4.78 is 5.66.